The van der Waals surface area contributed by atoms with Crippen LogP contribution in [-0.4, -0.2) is 16.0 Å². The van der Waals surface area contributed by atoms with Gasteiger partial charge in [-0.1, -0.05) is 37.0 Å². The van der Waals surface area contributed by atoms with E-state index in [4.69, 9.17) is 23.2 Å². The minimum Gasteiger partial charge on any atom is -0.341 e. The maximum atomic E-state index is 5.97. The number of hydrogen-bond donors (Lipinski definition) is 2. The molecule has 2 rings (SSSR count). The molecule has 0 aliphatic carbocycles. The van der Waals surface area contributed by atoms with Crippen LogP contribution in [0.15, 0.2) is 24.4 Å². The number of hydrogen-bond acceptors (Lipinski definition) is 2. The average Bonchev–Trinajstić information content (AvgIpc) is 2.73. The van der Waals surface area contributed by atoms with E-state index in [9.17, 15) is 0 Å². The first-order valence-electron chi connectivity index (χ1n) is 5.78. The van der Waals surface area contributed by atoms with Gasteiger partial charge in [0.1, 0.15) is 5.82 Å². The number of aromatic nitrogens is 2. The van der Waals surface area contributed by atoms with E-state index in [0.29, 0.717) is 16.1 Å². The van der Waals surface area contributed by atoms with E-state index in [0.717, 1.165) is 23.6 Å². The lowest BCUT2D eigenvalue weighted by Gasteiger charge is -2.05. The summed E-state index contributed by atoms with van der Waals surface area (Å²) >= 11 is 11.9. The highest BCUT2D eigenvalue weighted by molar-refractivity contribution is 6.35. The molecular weight excluding hydrogens is 269 g/mol. The molecule has 0 aliphatic heterocycles. The number of nitrogens with zero attached hydrogens (tertiary/aromatic N) is 1. The predicted octanol–water partition coefficient (Wildman–Crippen LogP) is 3.88. The van der Waals surface area contributed by atoms with Gasteiger partial charge in [-0.15, -0.1) is 0 Å². The van der Waals surface area contributed by atoms with E-state index >= 15 is 0 Å². The fraction of sp³-hybridized carbons (Fsp3) is 0.308. The minimum atomic E-state index is 0.442. The molecule has 0 saturated heterocycles. The SMILES string of the molecule is CC(C)NCc1cnc(-c2cc(Cl)cc(Cl)c2)[nH]1. The highest BCUT2D eigenvalue weighted by Crippen LogP contribution is 2.25. The molecule has 3 nitrogen and oxygen atoms in total. The Balaban J connectivity index is 2.18. The predicted molar refractivity (Wildman–Crippen MR) is 76.0 cm³/mol. The molecule has 1 aromatic heterocycles. The second-order valence-electron chi connectivity index (χ2n) is 4.45. The maximum absolute atomic E-state index is 5.97. The maximum Gasteiger partial charge on any atom is 0.137 e. The topological polar surface area (TPSA) is 40.7 Å². The van der Waals surface area contributed by atoms with E-state index in [2.05, 4.69) is 29.1 Å². The van der Waals surface area contributed by atoms with Gasteiger partial charge in [0.25, 0.3) is 0 Å². The normalized spacial score (nSPS) is 11.2. The van der Waals surface area contributed by atoms with Crippen LogP contribution in [0.1, 0.15) is 19.5 Å². The highest BCUT2D eigenvalue weighted by Gasteiger charge is 2.06. The summed E-state index contributed by atoms with van der Waals surface area (Å²) in [5.41, 5.74) is 1.93. The molecule has 0 saturated carbocycles. The summed E-state index contributed by atoms with van der Waals surface area (Å²) in [6, 6.07) is 5.83. The van der Waals surface area contributed by atoms with E-state index in [1.807, 2.05) is 18.3 Å². The first kappa shape index (κ1) is 13.4. The molecule has 0 bridgehead atoms. The van der Waals surface area contributed by atoms with Crippen molar-refractivity contribution >= 4 is 23.2 Å². The second-order valence-corrected chi connectivity index (χ2v) is 5.32. The molecule has 0 unspecified atom stereocenters. The quantitative estimate of drug-likeness (QED) is 0.894. The van der Waals surface area contributed by atoms with Crippen molar-refractivity contribution in [1.82, 2.24) is 15.3 Å². The number of aromatic amines is 1. The van der Waals surface area contributed by atoms with Gasteiger partial charge in [0.05, 0.1) is 0 Å². The van der Waals surface area contributed by atoms with Crippen molar-refractivity contribution in [2.75, 3.05) is 0 Å². The molecule has 1 aromatic carbocycles. The van der Waals surface area contributed by atoms with Gasteiger partial charge >= 0.3 is 0 Å². The van der Waals surface area contributed by atoms with Crippen LogP contribution in [0.2, 0.25) is 10.0 Å². The zero-order valence-corrected chi connectivity index (χ0v) is 11.8. The Hall–Kier alpha value is -1.03. The lowest BCUT2D eigenvalue weighted by atomic mass is 10.2. The van der Waals surface area contributed by atoms with Crippen molar-refractivity contribution in [2.45, 2.75) is 26.4 Å². The Bertz CT molecular complexity index is 515. The van der Waals surface area contributed by atoms with Crippen LogP contribution >= 0.6 is 23.2 Å². The van der Waals surface area contributed by atoms with Gasteiger partial charge < -0.3 is 10.3 Å². The summed E-state index contributed by atoms with van der Waals surface area (Å²) in [6.45, 7) is 4.97. The first-order valence-corrected chi connectivity index (χ1v) is 6.54. The van der Waals surface area contributed by atoms with Crippen LogP contribution in [0, 0.1) is 0 Å². The van der Waals surface area contributed by atoms with Crippen LogP contribution in [0.5, 0.6) is 0 Å². The van der Waals surface area contributed by atoms with E-state index < -0.39 is 0 Å². The van der Waals surface area contributed by atoms with Crippen LogP contribution in [-0.2, 0) is 6.54 Å². The summed E-state index contributed by atoms with van der Waals surface area (Å²) in [5.74, 6) is 0.778. The third kappa shape index (κ3) is 3.48. The van der Waals surface area contributed by atoms with E-state index in [-0.39, 0.29) is 0 Å². The molecule has 2 aromatic rings. The van der Waals surface area contributed by atoms with Crippen molar-refractivity contribution in [2.24, 2.45) is 0 Å². The van der Waals surface area contributed by atoms with Crippen molar-refractivity contribution in [3.05, 3.63) is 40.1 Å². The number of H-pyrrole nitrogens is 1. The number of nitrogens with one attached hydrogen (secondary N) is 2. The molecule has 0 amide bonds. The third-order valence-electron chi connectivity index (χ3n) is 2.47. The highest BCUT2D eigenvalue weighted by atomic mass is 35.5. The molecular formula is C13H15Cl2N3. The lowest BCUT2D eigenvalue weighted by molar-refractivity contribution is 0.583. The molecule has 0 aliphatic rings. The molecule has 0 atom stereocenters. The van der Waals surface area contributed by atoms with Gasteiger partial charge in [-0.3, -0.25) is 0 Å². The Morgan fingerprint density at radius 3 is 2.50 bits per heavy atom. The standard InChI is InChI=1S/C13H15Cl2N3/c1-8(2)16-6-12-7-17-13(18-12)9-3-10(14)5-11(15)4-9/h3-5,7-8,16H,6H2,1-2H3,(H,17,18). The van der Waals surface area contributed by atoms with Crippen molar-refractivity contribution < 1.29 is 0 Å². The van der Waals surface area contributed by atoms with Gasteiger partial charge in [0.15, 0.2) is 0 Å². The van der Waals surface area contributed by atoms with Crippen LogP contribution in [0.3, 0.4) is 0 Å². The zero-order valence-electron chi connectivity index (χ0n) is 10.3. The number of halogens is 2. The molecule has 0 spiro atoms. The van der Waals surface area contributed by atoms with Crippen LogP contribution < -0.4 is 5.32 Å². The summed E-state index contributed by atoms with van der Waals surface area (Å²) in [5, 5.41) is 4.54. The van der Waals surface area contributed by atoms with E-state index in [1.165, 1.54) is 0 Å². The fourth-order valence-electron chi connectivity index (χ4n) is 1.60. The smallest absolute Gasteiger partial charge is 0.137 e. The van der Waals surface area contributed by atoms with Crippen molar-refractivity contribution in [3.8, 4) is 11.4 Å². The molecule has 1 heterocycles. The number of rotatable bonds is 4. The van der Waals surface area contributed by atoms with Gasteiger partial charge in [-0.25, -0.2) is 4.98 Å². The summed E-state index contributed by atoms with van der Waals surface area (Å²) in [6.07, 6.45) is 1.82. The van der Waals surface area contributed by atoms with Crippen LogP contribution in [0.25, 0.3) is 11.4 Å². The first-order chi connectivity index (χ1) is 8.54. The third-order valence-corrected chi connectivity index (χ3v) is 2.90. The summed E-state index contributed by atoms with van der Waals surface area (Å²) < 4.78 is 0. The Labute approximate surface area is 117 Å². The van der Waals surface area contributed by atoms with Crippen molar-refractivity contribution in [3.63, 3.8) is 0 Å². The van der Waals surface area contributed by atoms with E-state index in [1.54, 1.807) is 6.07 Å². The Morgan fingerprint density at radius 2 is 1.89 bits per heavy atom. The minimum absolute atomic E-state index is 0.442. The summed E-state index contributed by atoms with van der Waals surface area (Å²) in [4.78, 5) is 7.58. The largest absolute Gasteiger partial charge is 0.341 e. The fourth-order valence-corrected chi connectivity index (χ4v) is 2.13. The van der Waals surface area contributed by atoms with Gasteiger partial charge in [-0.2, -0.15) is 0 Å². The number of imidazole rings is 1. The number of benzene rings is 1. The molecule has 96 valence electrons. The second kappa shape index (κ2) is 5.74. The van der Waals surface area contributed by atoms with Crippen molar-refractivity contribution in [1.29, 1.82) is 0 Å². The summed E-state index contributed by atoms with van der Waals surface area (Å²) in [7, 11) is 0. The lowest BCUT2D eigenvalue weighted by Crippen LogP contribution is -2.21. The van der Waals surface area contributed by atoms with Gasteiger partial charge in [0.2, 0.25) is 0 Å². The monoisotopic (exact) mass is 283 g/mol. The van der Waals surface area contributed by atoms with Gasteiger partial charge in [0, 0.05) is 40.1 Å². The van der Waals surface area contributed by atoms with Crippen LogP contribution in [0.4, 0.5) is 0 Å². The molecule has 0 radical (unpaired) electrons. The zero-order chi connectivity index (χ0) is 13.1. The molecule has 0 fully saturated rings. The molecule has 5 heteroatoms. The Morgan fingerprint density at radius 1 is 1.22 bits per heavy atom. The Kier molecular flexibility index (Phi) is 4.27. The average molecular weight is 284 g/mol. The molecule has 18 heavy (non-hydrogen) atoms. The van der Waals surface area contributed by atoms with Gasteiger partial charge in [-0.05, 0) is 18.2 Å². The molecule has 2 N–H and O–H groups in total.